The average Bonchev–Trinajstić information content (AvgIpc) is 2.70. The Morgan fingerprint density at radius 2 is 2.12 bits per heavy atom. The Bertz CT molecular complexity index is 551. The van der Waals surface area contributed by atoms with E-state index in [9.17, 15) is 5.11 Å². The van der Waals surface area contributed by atoms with Crippen LogP contribution in [0.15, 0.2) is 27.9 Å². The first kappa shape index (κ1) is 10.7. The van der Waals surface area contributed by atoms with Crippen LogP contribution >= 0.6 is 0 Å². The molecule has 5 N–H and O–H groups in total. The Hall–Kier alpha value is -2.77. The van der Waals surface area contributed by atoms with Gasteiger partial charge in [-0.2, -0.15) is 5.10 Å². The number of hydrogen-bond acceptors (Lipinski definition) is 8. The number of aromatic nitrogens is 2. The van der Waals surface area contributed by atoms with Crippen molar-refractivity contribution in [1.29, 1.82) is 0 Å². The number of phenolic OH excluding ortho intramolecular Hbond substituents is 2. The number of benzene rings is 1. The number of nitrogen functional groups attached to an aromatic ring is 1. The van der Waals surface area contributed by atoms with Crippen LogP contribution in [0.2, 0.25) is 0 Å². The van der Waals surface area contributed by atoms with Crippen LogP contribution in [-0.4, -0.2) is 26.7 Å². The van der Waals surface area contributed by atoms with Gasteiger partial charge < -0.3 is 15.9 Å². The summed E-state index contributed by atoms with van der Waals surface area (Å²) in [6, 6.07) is 4.28. The fourth-order valence-electron chi connectivity index (χ4n) is 1.06. The Morgan fingerprint density at radius 3 is 2.76 bits per heavy atom. The molecule has 0 aliphatic rings. The Kier molecular flexibility index (Phi) is 2.77. The molecule has 0 fully saturated rings. The van der Waals surface area contributed by atoms with Gasteiger partial charge in [-0.15, -0.1) is 0 Å². The van der Waals surface area contributed by atoms with Crippen molar-refractivity contribution in [3.05, 3.63) is 23.8 Å². The molecule has 0 unspecified atom stereocenters. The smallest absolute Gasteiger partial charge is 0.235 e. The highest BCUT2D eigenvalue weighted by Gasteiger charge is 2.03. The second kappa shape index (κ2) is 4.39. The van der Waals surface area contributed by atoms with Crippen LogP contribution in [0.3, 0.4) is 0 Å². The maximum absolute atomic E-state index is 9.24. The number of hydrogen-bond donors (Lipinski definition) is 4. The SMILES string of the molecule is Nc1nonc1NN=Cc1ccc(O)c(O)c1. The van der Waals surface area contributed by atoms with Gasteiger partial charge in [-0.25, -0.2) is 4.63 Å². The number of aromatic hydroxyl groups is 2. The van der Waals surface area contributed by atoms with Crippen LogP contribution in [-0.2, 0) is 0 Å². The molecule has 1 heterocycles. The van der Waals surface area contributed by atoms with Gasteiger partial charge in [-0.3, -0.25) is 5.43 Å². The number of anilines is 2. The molecule has 0 spiro atoms. The largest absolute Gasteiger partial charge is 0.504 e. The van der Waals surface area contributed by atoms with E-state index < -0.39 is 0 Å². The van der Waals surface area contributed by atoms with Crippen LogP contribution < -0.4 is 11.2 Å². The highest BCUT2D eigenvalue weighted by molar-refractivity contribution is 5.81. The van der Waals surface area contributed by atoms with Crippen LogP contribution in [0.1, 0.15) is 5.56 Å². The van der Waals surface area contributed by atoms with E-state index in [0.717, 1.165) is 0 Å². The van der Waals surface area contributed by atoms with Crippen LogP contribution in [0.25, 0.3) is 0 Å². The summed E-state index contributed by atoms with van der Waals surface area (Å²) in [7, 11) is 0. The second-order valence-corrected chi connectivity index (χ2v) is 3.12. The Balaban J connectivity index is 2.06. The van der Waals surface area contributed by atoms with Gasteiger partial charge >= 0.3 is 0 Å². The molecule has 2 aromatic rings. The molecular formula is C9H9N5O3. The van der Waals surface area contributed by atoms with Gasteiger partial charge in [0.15, 0.2) is 11.5 Å². The first-order chi connectivity index (χ1) is 8.16. The molecule has 1 aromatic carbocycles. The minimum Gasteiger partial charge on any atom is -0.504 e. The molecule has 0 bridgehead atoms. The zero-order valence-electron chi connectivity index (χ0n) is 8.53. The number of hydrazone groups is 1. The van der Waals surface area contributed by atoms with E-state index in [1.165, 1.54) is 18.3 Å². The van der Waals surface area contributed by atoms with E-state index in [-0.39, 0.29) is 23.1 Å². The lowest BCUT2D eigenvalue weighted by atomic mass is 10.2. The van der Waals surface area contributed by atoms with E-state index in [1.807, 2.05) is 0 Å². The average molecular weight is 235 g/mol. The van der Waals surface area contributed by atoms with Crippen molar-refractivity contribution in [2.45, 2.75) is 0 Å². The fourth-order valence-corrected chi connectivity index (χ4v) is 1.06. The van der Waals surface area contributed by atoms with E-state index in [0.29, 0.717) is 5.56 Å². The van der Waals surface area contributed by atoms with E-state index in [1.54, 1.807) is 6.07 Å². The zero-order chi connectivity index (χ0) is 12.3. The standard InChI is InChI=1S/C9H9N5O3/c10-8-9(14-17-13-8)12-11-4-5-1-2-6(15)7(16)3-5/h1-4,15-16H,(H2,10,13)(H,12,14). The van der Waals surface area contributed by atoms with Crippen LogP contribution in [0, 0.1) is 0 Å². The molecule has 0 saturated carbocycles. The van der Waals surface area contributed by atoms with Crippen molar-refractivity contribution in [2.24, 2.45) is 5.10 Å². The van der Waals surface area contributed by atoms with Crippen molar-refractivity contribution < 1.29 is 14.8 Å². The van der Waals surface area contributed by atoms with Gasteiger partial charge in [0, 0.05) is 0 Å². The van der Waals surface area contributed by atoms with E-state index >= 15 is 0 Å². The van der Waals surface area contributed by atoms with Crippen molar-refractivity contribution in [1.82, 2.24) is 10.3 Å². The summed E-state index contributed by atoms with van der Waals surface area (Å²) in [6.07, 6.45) is 1.41. The summed E-state index contributed by atoms with van der Waals surface area (Å²) in [5.74, 6) is -0.128. The molecule has 0 radical (unpaired) electrons. The maximum Gasteiger partial charge on any atom is 0.235 e. The molecule has 1 aromatic heterocycles. The minimum absolute atomic E-state index is 0.0932. The van der Waals surface area contributed by atoms with Crippen molar-refractivity contribution in [2.75, 3.05) is 11.2 Å². The predicted octanol–water partition coefficient (Wildman–Crippen LogP) is 0.509. The summed E-state index contributed by atoms with van der Waals surface area (Å²) in [5.41, 5.74) is 8.48. The van der Waals surface area contributed by atoms with Crippen molar-refractivity contribution in [3.8, 4) is 11.5 Å². The molecule has 2 rings (SSSR count). The van der Waals surface area contributed by atoms with Gasteiger partial charge in [-0.1, -0.05) is 0 Å². The number of phenols is 2. The lowest BCUT2D eigenvalue weighted by molar-refractivity contribution is 0.310. The highest BCUT2D eigenvalue weighted by atomic mass is 16.6. The number of nitrogens with two attached hydrogens (primary N) is 1. The monoisotopic (exact) mass is 235 g/mol. The summed E-state index contributed by atoms with van der Waals surface area (Å²) >= 11 is 0. The van der Waals surface area contributed by atoms with E-state index in [4.69, 9.17) is 10.8 Å². The molecule has 0 atom stereocenters. The molecular weight excluding hydrogens is 226 g/mol. The summed E-state index contributed by atoms with van der Waals surface area (Å²) in [4.78, 5) is 0. The second-order valence-electron chi connectivity index (χ2n) is 3.12. The van der Waals surface area contributed by atoms with Gasteiger partial charge in [0.1, 0.15) is 0 Å². The third-order valence-electron chi connectivity index (χ3n) is 1.90. The third kappa shape index (κ3) is 2.43. The summed E-state index contributed by atoms with van der Waals surface area (Å²) in [5, 5.41) is 28.9. The zero-order valence-corrected chi connectivity index (χ0v) is 8.53. The quantitative estimate of drug-likeness (QED) is 0.346. The molecule has 0 saturated heterocycles. The van der Waals surface area contributed by atoms with Crippen molar-refractivity contribution >= 4 is 17.9 Å². The first-order valence-corrected chi connectivity index (χ1v) is 4.56. The number of nitrogens with zero attached hydrogens (tertiary/aromatic N) is 3. The normalized spacial score (nSPS) is 10.8. The molecule has 0 aliphatic carbocycles. The molecule has 8 nitrogen and oxygen atoms in total. The van der Waals surface area contributed by atoms with Gasteiger partial charge in [0.05, 0.1) is 6.21 Å². The molecule has 0 amide bonds. The minimum atomic E-state index is -0.225. The predicted molar refractivity (Wildman–Crippen MR) is 59.7 cm³/mol. The molecule has 17 heavy (non-hydrogen) atoms. The topological polar surface area (TPSA) is 130 Å². The van der Waals surface area contributed by atoms with Gasteiger partial charge in [0.2, 0.25) is 11.6 Å². The summed E-state index contributed by atoms with van der Waals surface area (Å²) in [6.45, 7) is 0. The fraction of sp³-hybridized carbons (Fsp3) is 0. The molecule has 88 valence electrons. The molecule has 8 heteroatoms. The van der Waals surface area contributed by atoms with Crippen LogP contribution in [0.4, 0.5) is 11.6 Å². The van der Waals surface area contributed by atoms with E-state index in [2.05, 4.69) is 25.5 Å². The van der Waals surface area contributed by atoms with Crippen LogP contribution in [0.5, 0.6) is 11.5 Å². The maximum atomic E-state index is 9.24. The highest BCUT2D eigenvalue weighted by Crippen LogP contribution is 2.24. The Morgan fingerprint density at radius 1 is 1.29 bits per heavy atom. The lowest BCUT2D eigenvalue weighted by Gasteiger charge is -1.98. The lowest BCUT2D eigenvalue weighted by Crippen LogP contribution is -1.95. The molecule has 0 aliphatic heterocycles. The Labute approximate surface area is 95.3 Å². The summed E-state index contributed by atoms with van der Waals surface area (Å²) < 4.78 is 4.35. The van der Waals surface area contributed by atoms with Crippen molar-refractivity contribution in [3.63, 3.8) is 0 Å². The first-order valence-electron chi connectivity index (χ1n) is 4.56. The number of nitrogens with one attached hydrogen (secondary N) is 1. The van der Waals surface area contributed by atoms with Gasteiger partial charge in [0.25, 0.3) is 0 Å². The van der Waals surface area contributed by atoms with Gasteiger partial charge in [-0.05, 0) is 34.1 Å². The number of rotatable bonds is 3. The third-order valence-corrected chi connectivity index (χ3v) is 1.90.